The van der Waals surface area contributed by atoms with Gasteiger partial charge in [-0.05, 0) is 42.7 Å². The summed E-state index contributed by atoms with van der Waals surface area (Å²) in [4.78, 5) is 25.4. The zero-order valence-electron chi connectivity index (χ0n) is 14.2. The summed E-state index contributed by atoms with van der Waals surface area (Å²) in [5, 5.41) is 9.00. The molecule has 1 aliphatic rings. The maximum atomic E-state index is 13.2. The average Bonchev–Trinajstić information content (AvgIpc) is 3.07. The summed E-state index contributed by atoms with van der Waals surface area (Å²) in [6.45, 7) is 0.782. The Bertz CT molecular complexity index is 808. The molecule has 1 unspecified atom stereocenters. The van der Waals surface area contributed by atoms with Gasteiger partial charge in [-0.25, -0.2) is 4.39 Å². The standard InChI is InChI=1S/C20H20FNO4/c21-16-6-2-8-18(11-16)26-13-14-4-1-5-15(10-14)20(25)22-9-3-7-17(22)12-19(23)24/h1-2,4-6,8,10-11,17H,3,7,9,12-13H2,(H,23,24). The average molecular weight is 357 g/mol. The lowest BCUT2D eigenvalue weighted by molar-refractivity contribution is -0.137. The van der Waals surface area contributed by atoms with Crippen molar-refractivity contribution in [3.63, 3.8) is 0 Å². The Kier molecular flexibility index (Phi) is 5.51. The first kappa shape index (κ1) is 17.9. The van der Waals surface area contributed by atoms with E-state index in [1.165, 1.54) is 12.1 Å². The Hall–Kier alpha value is -2.89. The third-order valence-electron chi connectivity index (χ3n) is 4.42. The molecule has 1 saturated heterocycles. The van der Waals surface area contributed by atoms with Crippen molar-refractivity contribution in [1.29, 1.82) is 0 Å². The molecule has 0 saturated carbocycles. The zero-order chi connectivity index (χ0) is 18.5. The van der Waals surface area contributed by atoms with Crippen molar-refractivity contribution < 1.29 is 23.8 Å². The summed E-state index contributed by atoms with van der Waals surface area (Å²) in [6, 6.07) is 12.7. The Labute approximate surface area is 151 Å². The fraction of sp³-hybridized carbons (Fsp3) is 0.300. The third kappa shape index (κ3) is 4.39. The molecular weight excluding hydrogens is 337 g/mol. The molecule has 3 rings (SSSR count). The van der Waals surface area contributed by atoms with Crippen LogP contribution in [0.5, 0.6) is 5.75 Å². The highest BCUT2D eigenvalue weighted by atomic mass is 19.1. The van der Waals surface area contributed by atoms with Crippen LogP contribution < -0.4 is 4.74 Å². The van der Waals surface area contributed by atoms with E-state index in [1.54, 1.807) is 35.2 Å². The number of benzene rings is 2. The lowest BCUT2D eigenvalue weighted by atomic mass is 10.1. The first-order valence-corrected chi connectivity index (χ1v) is 8.53. The molecule has 1 atom stereocenters. The van der Waals surface area contributed by atoms with Crippen LogP contribution in [0.1, 0.15) is 35.2 Å². The molecule has 6 heteroatoms. The van der Waals surface area contributed by atoms with Crippen molar-refractivity contribution in [2.24, 2.45) is 0 Å². The third-order valence-corrected chi connectivity index (χ3v) is 4.42. The lowest BCUT2D eigenvalue weighted by Gasteiger charge is -2.23. The topological polar surface area (TPSA) is 66.8 Å². The number of halogens is 1. The van der Waals surface area contributed by atoms with Crippen molar-refractivity contribution in [2.45, 2.75) is 31.9 Å². The Morgan fingerprint density at radius 1 is 1.19 bits per heavy atom. The molecule has 0 radical (unpaired) electrons. The second-order valence-electron chi connectivity index (χ2n) is 6.34. The van der Waals surface area contributed by atoms with E-state index in [-0.39, 0.29) is 30.8 Å². The highest BCUT2D eigenvalue weighted by molar-refractivity contribution is 5.95. The first-order valence-electron chi connectivity index (χ1n) is 8.53. The number of rotatable bonds is 6. The van der Waals surface area contributed by atoms with Gasteiger partial charge in [-0.1, -0.05) is 18.2 Å². The minimum absolute atomic E-state index is 0.0336. The van der Waals surface area contributed by atoms with E-state index in [4.69, 9.17) is 9.84 Å². The fourth-order valence-electron chi connectivity index (χ4n) is 3.20. The van der Waals surface area contributed by atoms with E-state index in [0.29, 0.717) is 24.3 Å². The van der Waals surface area contributed by atoms with Crippen LogP contribution in [0.2, 0.25) is 0 Å². The summed E-state index contributed by atoms with van der Waals surface area (Å²) in [7, 11) is 0. The van der Waals surface area contributed by atoms with Crippen molar-refractivity contribution in [2.75, 3.05) is 6.54 Å². The highest BCUT2D eigenvalue weighted by Crippen LogP contribution is 2.23. The molecule has 5 nitrogen and oxygen atoms in total. The Balaban J connectivity index is 1.68. The minimum Gasteiger partial charge on any atom is -0.489 e. The number of nitrogens with zero attached hydrogens (tertiary/aromatic N) is 1. The van der Waals surface area contributed by atoms with Crippen LogP contribution in [0, 0.1) is 5.82 Å². The van der Waals surface area contributed by atoms with Gasteiger partial charge in [-0.3, -0.25) is 9.59 Å². The Morgan fingerprint density at radius 3 is 2.77 bits per heavy atom. The van der Waals surface area contributed by atoms with E-state index in [1.807, 2.05) is 6.07 Å². The van der Waals surface area contributed by atoms with Crippen LogP contribution in [0.25, 0.3) is 0 Å². The maximum Gasteiger partial charge on any atom is 0.305 e. The summed E-state index contributed by atoms with van der Waals surface area (Å²) in [6.07, 6.45) is 1.49. The molecule has 1 amide bonds. The number of aliphatic carboxylic acids is 1. The normalized spacial score (nSPS) is 16.5. The maximum absolute atomic E-state index is 13.2. The van der Waals surface area contributed by atoms with Gasteiger partial charge in [0.05, 0.1) is 6.42 Å². The second kappa shape index (κ2) is 7.99. The van der Waals surface area contributed by atoms with Crippen molar-refractivity contribution in [3.05, 3.63) is 65.5 Å². The van der Waals surface area contributed by atoms with E-state index in [0.717, 1.165) is 12.0 Å². The van der Waals surface area contributed by atoms with Gasteiger partial charge in [0.1, 0.15) is 18.2 Å². The molecule has 0 spiro atoms. The molecule has 1 fully saturated rings. The van der Waals surface area contributed by atoms with E-state index in [9.17, 15) is 14.0 Å². The molecule has 1 N–H and O–H groups in total. The summed E-state index contributed by atoms with van der Waals surface area (Å²) >= 11 is 0. The van der Waals surface area contributed by atoms with Crippen molar-refractivity contribution in [3.8, 4) is 5.75 Å². The van der Waals surface area contributed by atoms with Crippen molar-refractivity contribution in [1.82, 2.24) is 4.90 Å². The second-order valence-corrected chi connectivity index (χ2v) is 6.34. The molecule has 1 heterocycles. The molecule has 0 bridgehead atoms. The quantitative estimate of drug-likeness (QED) is 0.859. The number of hydrogen-bond acceptors (Lipinski definition) is 3. The van der Waals surface area contributed by atoms with E-state index in [2.05, 4.69) is 0 Å². The smallest absolute Gasteiger partial charge is 0.305 e. The number of carboxylic acid groups (broad SMARTS) is 1. The first-order chi connectivity index (χ1) is 12.5. The van der Waals surface area contributed by atoms with Crippen LogP contribution in [0.4, 0.5) is 4.39 Å². The molecule has 2 aromatic rings. The van der Waals surface area contributed by atoms with Crippen LogP contribution in [-0.2, 0) is 11.4 Å². The molecule has 26 heavy (non-hydrogen) atoms. The van der Waals surface area contributed by atoms with Gasteiger partial charge in [0.25, 0.3) is 5.91 Å². The monoisotopic (exact) mass is 357 g/mol. The predicted molar refractivity (Wildman–Crippen MR) is 93.5 cm³/mol. The Morgan fingerprint density at radius 2 is 2.00 bits per heavy atom. The molecular formula is C20H20FNO4. The summed E-state index contributed by atoms with van der Waals surface area (Å²) in [5.41, 5.74) is 1.29. The number of ether oxygens (including phenoxy) is 1. The molecule has 0 aromatic heterocycles. The molecule has 1 aliphatic heterocycles. The largest absolute Gasteiger partial charge is 0.489 e. The van der Waals surface area contributed by atoms with Crippen molar-refractivity contribution >= 4 is 11.9 Å². The summed E-state index contributed by atoms with van der Waals surface area (Å²) in [5.74, 6) is -1.01. The van der Waals surface area contributed by atoms with Gasteiger partial charge >= 0.3 is 5.97 Å². The number of carbonyl (C=O) groups excluding carboxylic acids is 1. The highest BCUT2D eigenvalue weighted by Gasteiger charge is 2.30. The number of hydrogen-bond donors (Lipinski definition) is 1. The molecule has 2 aromatic carbocycles. The fourth-order valence-corrected chi connectivity index (χ4v) is 3.20. The van der Waals surface area contributed by atoms with Gasteiger partial charge in [0.2, 0.25) is 0 Å². The predicted octanol–water partition coefficient (Wildman–Crippen LogP) is 3.48. The van der Waals surface area contributed by atoms with E-state index < -0.39 is 5.97 Å². The van der Waals surface area contributed by atoms with Gasteiger partial charge in [0.15, 0.2) is 0 Å². The lowest BCUT2D eigenvalue weighted by Crippen LogP contribution is -2.36. The van der Waals surface area contributed by atoms with Gasteiger partial charge in [-0.15, -0.1) is 0 Å². The van der Waals surface area contributed by atoms with Crippen LogP contribution in [0.15, 0.2) is 48.5 Å². The number of likely N-dealkylation sites (tertiary alicyclic amines) is 1. The van der Waals surface area contributed by atoms with Gasteiger partial charge < -0.3 is 14.7 Å². The SMILES string of the molecule is O=C(O)CC1CCCN1C(=O)c1cccc(COc2cccc(F)c2)c1. The number of carboxylic acids is 1. The molecule has 0 aliphatic carbocycles. The summed E-state index contributed by atoms with van der Waals surface area (Å²) < 4.78 is 18.8. The van der Waals surface area contributed by atoms with Gasteiger partial charge in [0, 0.05) is 24.2 Å². The number of amides is 1. The number of carbonyl (C=O) groups is 2. The zero-order valence-corrected chi connectivity index (χ0v) is 14.2. The molecule has 136 valence electrons. The minimum atomic E-state index is -0.896. The van der Waals surface area contributed by atoms with Crippen LogP contribution in [0.3, 0.4) is 0 Å². The van der Waals surface area contributed by atoms with Gasteiger partial charge in [-0.2, -0.15) is 0 Å². The van der Waals surface area contributed by atoms with Crippen LogP contribution >= 0.6 is 0 Å². The van der Waals surface area contributed by atoms with Crippen LogP contribution in [-0.4, -0.2) is 34.5 Å². The van der Waals surface area contributed by atoms with E-state index >= 15 is 0 Å².